The van der Waals surface area contributed by atoms with E-state index < -0.39 is 5.60 Å². The third kappa shape index (κ3) is 2.73. The summed E-state index contributed by atoms with van der Waals surface area (Å²) in [6, 6.07) is 5.65. The zero-order chi connectivity index (χ0) is 17.6. The van der Waals surface area contributed by atoms with Crippen molar-refractivity contribution in [2.75, 3.05) is 12.3 Å². The molecule has 1 saturated heterocycles. The van der Waals surface area contributed by atoms with E-state index in [0.717, 1.165) is 33.3 Å². The molecule has 0 bridgehead atoms. The monoisotopic (exact) mass is 336 g/mol. The van der Waals surface area contributed by atoms with Crippen LogP contribution in [-0.4, -0.2) is 32.8 Å². The topological polar surface area (TPSA) is 94.2 Å². The van der Waals surface area contributed by atoms with Crippen LogP contribution < -0.4 is 5.73 Å². The Kier molecular flexibility index (Phi) is 3.67. The van der Waals surface area contributed by atoms with Crippen LogP contribution >= 0.6 is 0 Å². The molecule has 2 atom stereocenters. The van der Waals surface area contributed by atoms with E-state index in [1.54, 1.807) is 18.6 Å². The first-order valence-electron chi connectivity index (χ1n) is 8.28. The Morgan fingerprint density at radius 2 is 2.00 bits per heavy atom. The number of fused-ring (bicyclic) bond motifs is 1. The maximum atomic E-state index is 10.7. The largest absolute Gasteiger partial charge is 0.384 e. The molecular weight excluding hydrogens is 316 g/mol. The van der Waals surface area contributed by atoms with Crippen molar-refractivity contribution in [3.63, 3.8) is 0 Å². The number of hydrogen-bond acceptors (Lipinski definition) is 6. The number of pyridine rings is 3. The fourth-order valence-corrected chi connectivity index (χ4v) is 3.39. The molecule has 0 radical (unpaired) electrons. The standard InChI is InChI=1S/C19H20N4O2/c1-11-6-19(24,10-25-11)13-3-4-17(22-7-13)16-9-21-12(2)15-8-23-18(20)5-14(15)16/h3-5,7-9,11,24H,6,10H2,1-2H3,(H2,20,23)/t11-,19+/m1/s1. The molecular formula is C19H20N4O2. The first-order valence-corrected chi connectivity index (χ1v) is 8.28. The van der Waals surface area contributed by atoms with Gasteiger partial charge in [-0.15, -0.1) is 0 Å². The molecule has 1 aliphatic rings. The lowest BCUT2D eigenvalue weighted by molar-refractivity contribution is 0.0191. The number of anilines is 1. The van der Waals surface area contributed by atoms with Gasteiger partial charge in [0.15, 0.2) is 0 Å². The minimum atomic E-state index is -0.965. The van der Waals surface area contributed by atoms with Gasteiger partial charge in [0.25, 0.3) is 0 Å². The van der Waals surface area contributed by atoms with Crippen molar-refractivity contribution in [1.29, 1.82) is 0 Å². The van der Waals surface area contributed by atoms with Gasteiger partial charge in [-0.25, -0.2) is 4.98 Å². The summed E-state index contributed by atoms with van der Waals surface area (Å²) < 4.78 is 5.51. The smallest absolute Gasteiger partial charge is 0.123 e. The number of nitrogens with two attached hydrogens (primary N) is 1. The van der Waals surface area contributed by atoms with Gasteiger partial charge in [0, 0.05) is 47.2 Å². The van der Waals surface area contributed by atoms with E-state index in [0.29, 0.717) is 18.8 Å². The average Bonchev–Trinajstić information content (AvgIpc) is 2.95. The maximum Gasteiger partial charge on any atom is 0.123 e. The molecule has 4 rings (SSSR count). The lowest BCUT2D eigenvalue weighted by atomic mass is 9.92. The first-order chi connectivity index (χ1) is 12.0. The molecule has 1 fully saturated rings. The summed E-state index contributed by atoms with van der Waals surface area (Å²) in [5.41, 5.74) is 8.23. The van der Waals surface area contributed by atoms with Crippen molar-refractivity contribution < 1.29 is 9.84 Å². The van der Waals surface area contributed by atoms with Gasteiger partial charge in [0.2, 0.25) is 0 Å². The summed E-state index contributed by atoms with van der Waals surface area (Å²) in [4.78, 5) is 13.2. The Morgan fingerprint density at radius 3 is 2.68 bits per heavy atom. The number of ether oxygens (including phenoxy) is 1. The van der Waals surface area contributed by atoms with Crippen molar-refractivity contribution >= 4 is 16.6 Å². The predicted molar refractivity (Wildman–Crippen MR) is 95.8 cm³/mol. The maximum absolute atomic E-state index is 10.7. The van der Waals surface area contributed by atoms with E-state index in [1.807, 2.05) is 32.0 Å². The Bertz CT molecular complexity index is 942. The van der Waals surface area contributed by atoms with Crippen molar-refractivity contribution in [3.05, 3.63) is 48.0 Å². The van der Waals surface area contributed by atoms with Crippen LogP contribution in [0.5, 0.6) is 0 Å². The van der Waals surface area contributed by atoms with Gasteiger partial charge < -0.3 is 15.6 Å². The van der Waals surface area contributed by atoms with Crippen molar-refractivity contribution in [3.8, 4) is 11.3 Å². The predicted octanol–water partition coefficient (Wildman–Crippen LogP) is 2.58. The Hall–Kier alpha value is -2.57. The average molecular weight is 336 g/mol. The van der Waals surface area contributed by atoms with Crippen molar-refractivity contribution in [2.24, 2.45) is 0 Å². The Morgan fingerprint density at radius 1 is 1.16 bits per heavy atom. The normalized spacial score (nSPS) is 23.2. The number of aryl methyl sites for hydroxylation is 1. The van der Waals surface area contributed by atoms with E-state index in [1.165, 1.54) is 0 Å². The zero-order valence-electron chi connectivity index (χ0n) is 14.2. The summed E-state index contributed by atoms with van der Waals surface area (Å²) in [5.74, 6) is 0.461. The first kappa shape index (κ1) is 15.9. The van der Waals surface area contributed by atoms with Crippen LogP contribution in [0.25, 0.3) is 22.0 Å². The quantitative estimate of drug-likeness (QED) is 0.747. The van der Waals surface area contributed by atoms with E-state index in [-0.39, 0.29) is 6.10 Å². The number of hydrogen-bond donors (Lipinski definition) is 2. The van der Waals surface area contributed by atoms with Gasteiger partial charge in [-0.2, -0.15) is 0 Å². The van der Waals surface area contributed by atoms with Crippen molar-refractivity contribution in [2.45, 2.75) is 32.0 Å². The van der Waals surface area contributed by atoms with Gasteiger partial charge in [-0.3, -0.25) is 9.97 Å². The lowest BCUT2D eigenvalue weighted by Gasteiger charge is -2.21. The highest BCUT2D eigenvalue weighted by atomic mass is 16.5. The molecule has 0 saturated carbocycles. The number of rotatable bonds is 2. The highest BCUT2D eigenvalue weighted by molar-refractivity contribution is 5.97. The SMILES string of the molecule is Cc1ncc(-c2ccc([C@@]3(O)CO[C@H](C)C3)cn2)c2cc(N)ncc12. The molecule has 4 heterocycles. The Labute approximate surface area is 145 Å². The van der Waals surface area contributed by atoms with Crippen LogP contribution in [-0.2, 0) is 10.3 Å². The number of nitrogens with zero attached hydrogens (tertiary/aromatic N) is 3. The van der Waals surface area contributed by atoms with Crippen molar-refractivity contribution in [1.82, 2.24) is 15.0 Å². The zero-order valence-corrected chi connectivity index (χ0v) is 14.2. The van der Waals surface area contributed by atoms with Gasteiger partial charge in [0.05, 0.1) is 18.4 Å². The minimum absolute atomic E-state index is 0.0467. The number of aliphatic hydroxyl groups is 1. The van der Waals surface area contributed by atoms with Crippen LogP contribution in [0.3, 0.4) is 0 Å². The second-order valence-corrected chi connectivity index (χ2v) is 6.70. The summed E-state index contributed by atoms with van der Waals surface area (Å²) in [7, 11) is 0. The second kappa shape index (κ2) is 5.75. The van der Waals surface area contributed by atoms with Crippen LogP contribution in [0.1, 0.15) is 24.6 Å². The minimum Gasteiger partial charge on any atom is -0.384 e. The molecule has 128 valence electrons. The summed E-state index contributed by atoms with van der Waals surface area (Å²) in [5, 5.41) is 12.7. The molecule has 6 heteroatoms. The van der Waals surface area contributed by atoms with Gasteiger partial charge in [-0.1, -0.05) is 6.07 Å². The van der Waals surface area contributed by atoms with Gasteiger partial charge in [0.1, 0.15) is 11.4 Å². The highest BCUT2D eigenvalue weighted by Crippen LogP contribution is 2.35. The third-order valence-corrected chi connectivity index (χ3v) is 4.80. The molecule has 0 unspecified atom stereocenters. The van der Waals surface area contributed by atoms with Gasteiger partial charge in [-0.05, 0) is 31.4 Å². The summed E-state index contributed by atoms with van der Waals surface area (Å²) in [6.07, 6.45) is 5.88. The molecule has 0 aliphatic carbocycles. The molecule has 0 aromatic carbocycles. The summed E-state index contributed by atoms with van der Waals surface area (Å²) >= 11 is 0. The van der Waals surface area contributed by atoms with Crippen LogP contribution in [0.2, 0.25) is 0 Å². The molecule has 3 aromatic heterocycles. The van der Waals surface area contributed by atoms with E-state index in [9.17, 15) is 5.11 Å². The molecule has 6 nitrogen and oxygen atoms in total. The molecule has 1 aliphatic heterocycles. The number of aromatic nitrogens is 3. The lowest BCUT2D eigenvalue weighted by Crippen LogP contribution is -2.26. The highest BCUT2D eigenvalue weighted by Gasteiger charge is 2.38. The van der Waals surface area contributed by atoms with E-state index >= 15 is 0 Å². The molecule has 0 amide bonds. The third-order valence-electron chi connectivity index (χ3n) is 4.80. The fraction of sp³-hybridized carbons (Fsp3) is 0.316. The number of nitrogen functional groups attached to an aromatic ring is 1. The fourth-order valence-electron chi connectivity index (χ4n) is 3.39. The molecule has 0 spiro atoms. The molecule has 3 N–H and O–H groups in total. The van der Waals surface area contributed by atoms with E-state index in [2.05, 4.69) is 15.0 Å². The Balaban J connectivity index is 1.77. The van der Waals surface area contributed by atoms with E-state index in [4.69, 9.17) is 10.5 Å². The van der Waals surface area contributed by atoms with Crippen LogP contribution in [0.4, 0.5) is 5.82 Å². The van der Waals surface area contributed by atoms with Gasteiger partial charge >= 0.3 is 0 Å². The van der Waals surface area contributed by atoms with Crippen LogP contribution in [0, 0.1) is 6.92 Å². The second-order valence-electron chi connectivity index (χ2n) is 6.70. The van der Waals surface area contributed by atoms with Crippen LogP contribution in [0.15, 0.2) is 36.8 Å². The molecule has 3 aromatic rings. The summed E-state index contributed by atoms with van der Waals surface area (Å²) in [6.45, 7) is 4.20. The molecule has 25 heavy (non-hydrogen) atoms.